The number of nitrogens with zero attached hydrogens (tertiary/aromatic N) is 5. The van der Waals surface area contributed by atoms with Crippen molar-refractivity contribution in [2.75, 3.05) is 11.1 Å². The quantitative estimate of drug-likeness (QED) is 0.740. The molecular formula is C12H9BrClN7. The first-order chi connectivity index (χ1) is 10.1. The molecule has 0 saturated carbocycles. The molecule has 0 fully saturated rings. The molecule has 106 valence electrons. The number of hydrogen-bond acceptors (Lipinski definition) is 6. The Balaban J connectivity index is 1.95. The SMILES string of the molecule is Nc1nc(Nc2ccc(Cl)cc2Br)nc(-n2ccnc2)n1. The third kappa shape index (κ3) is 3.11. The first kappa shape index (κ1) is 13.8. The molecule has 2 heterocycles. The summed E-state index contributed by atoms with van der Waals surface area (Å²) in [7, 11) is 0. The summed E-state index contributed by atoms with van der Waals surface area (Å²) in [5, 5.41) is 3.69. The van der Waals surface area contributed by atoms with E-state index >= 15 is 0 Å². The van der Waals surface area contributed by atoms with Gasteiger partial charge in [-0.15, -0.1) is 0 Å². The third-order valence-corrected chi connectivity index (χ3v) is 3.45. The fraction of sp³-hybridized carbons (Fsp3) is 0. The van der Waals surface area contributed by atoms with Gasteiger partial charge in [-0.3, -0.25) is 4.57 Å². The van der Waals surface area contributed by atoms with Gasteiger partial charge in [0.1, 0.15) is 6.33 Å². The second-order valence-corrected chi connectivity index (χ2v) is 5.33. The first-order valence-electron chi connectivity index (χ1n) is 5.84. The van der Waals surface area contributed by atoms with Crippen LogP contribution in [-0.2, 0) is 0 Å². The van der Waals surface area contributed by atoms with Crippen LogP contribution >= 0.6 is 27.5 Å². The Labute approximate surface area is 133 Å². The van der Waals surface area contributed by atoms with Crippen molar-refractivity contribution in [2.45, 2.75) is 0 Å². The molecule has 0 aliphatic carbocycles. The molecule has 0 bridgehead atoms. The van der Waals surface area contributed by atoms with Crippen molar-refractivity contribution >= 4 is 45.1 Å². The van der Waals surface area contributed by atoms with E-state index in [0.29, 0.717) is 16.9 Å². The number of aromatic nitrogens is 5. The van der Waals surface area contributed by atoms with Crippen LogP contribution in [0.15, 0.2) is 41.4 Å². The average Bonchev–Trinajstić information content (AvgIpc) is 2.95. The predicted molar refractivity (Wildman–Crippen MR) is 83.8 cm³/mol. The number of nitrogens with one attached hydrogen (secondary N) is 1. The summed E-state index contributed by atoms with van der Waals surface area (Å²) in [5.74, 6) is 0.822. The fourth-order valence-corrected chi connectivity index (χ4v) is 2.42. The van der Waals surface area contributed by atoms with Crippen LogP contribution in [0.1, 0.15) is 0 Å². The molecule has 21 heavy (non-hydrogen) atoms. The van der Waals surface area contributed by atoms with E-state index in [0.717, 1.165) is 10.2 Å². The Hall–Kier alpha value is -2.19. The molecule has 0 saturated heterocycles. The van der Waals surface area contributed by atoms with E-state index in [-0.39, 0.29) is 5.95 Å². The standard InChI is InChI=1S/C12H9BrClN7/c13-8-5-7(14)1-2-9(8)17-11-18-10(15)19-12(20-11)21-4-3-16-6-21/h1-6H,(H3,15,17,18,19,20). The van der Waals surface area contributed by atoms with Crippen molar-refractivity contribution < 1.29 is 0 Å². The fourth-order valence-electron chi connectivity index (χ4n) is 1.64. The van der Waals surface area contributed by atoms with Crippen LogP contribution in [0, 0.1) is 0 Å². The van der Waals surface area contributed by atoms with Gasteiger partial charge < -0.3 is 11.1 Å². The molecule has 7 nitrogen and oxygen atoms in total. The smallest absolute Gasteiger partial charge is 0.241 e. The average molecular weight is 367 g/mol. The molecule has 0 atom stereocenters. The predicted octanol–water partition coefficient (Wildman–Crippen LogP) is 2.80. The van der Waals surface area contributed by atoms with Crippen molar-refractivity contribution in [3.63, 3.8) is 0 Å². The number of nitrogen functional groups attached to an aromatic ring is 1. The van der Waals surface area contributed by atoms with E-state index < -0.39 is 0 Å². The topological polar surface area (TPSA) is 94.5 Å². The normalized spacial score (nSPS) is 10.6. The van der Waals surface area contributed by atoms with E-state index in [4.69, 9.17) is 17.3 Å². The van der Waals surface area contributed by atoms with Crippen molar-refractivity contribution in [3.05, 3.63) is 46.4 Å². The summed E-state index contributed by atoms with van der Waals surface area (Å²) in [6.45, 7) is 0. The molecular weight excluding hydrogens is 358 g/mol. The van der Waals surface area contributed by atoms with Crippen molar-refractivity contribution in [1.82, 2.24) is 24.5 Å². The van der Waals surface area contributed by atoms with Gasteiger partial charge in [0, 0.05) is 21.9 Å². The molecule has 3 rings (SSSR count). The number of rotatable bonds is 3. The Morgan fingerprint density at radius 3 is 2.81 bits per heavy atom. The highest BCUT2D eigenvalue weighted by molar-refractivity contribution is 9.10. The van der Waals surface area contributed by atoms with Gasteiger partial charge in [-0.05, 0) is 34.1 Å². The third-order valence-electron chi connectivity index (χ3n) is 2.55. The molecule has 0 amide bonds. The number of nitrogens with two attached hydrogens (primary N) is 1. The Bertz CT molecular complexity index is 775. The molecule has 3 aromatic rings. The number of halogens is 2. The summed E-state index contributed by atoms with van der Waals surface area (Å²) in [6, 6.07) is 5.34. The molecule has 3 N–H and O–H groups in total. The van der Waals surface area contributed by atoms with E-state index in [1.54, 1.807) is 35.4 Å². The second-order valence-electron chi connectivity index (χ2n) is 4.04. The van der Waals surface area contributed by atoms with Crippen LogP contribution in [-0.4, -0.2) is 24.5 Å². The van der Waals surface area contributed by atoms with Crippen LogP contribution in [0.2, 0.25) is 5.02 Å². The van der Waals surface area contributed by atoms with Crippen LogP contribution in [0.5, 0.6) is 0 Å². The lowest BCUT2D eigenvalue weighted by atomic mass is 10.3. The molecule has 2 aromatic heterocycles. The summed E-state index contributed by atoms with van der Waals surface area (Å²) in [5.41, 5.74) is 6.48. The minimum atomic E-state index is 0.112. The van der Waals surface area contributed by atoms with Crippen molar-refractivity contribution in [3.8, 4) is 5.95 Å². The lowest BCUT2D eigenvalue weighted by Crippen LogP contribution is -2.08. The molecule has 9 heteroatoms. The van der Waals surface area contributed by atoms with E-state index in [9.17, 15) is 0 Å². The van der Waals surface area contributed by atoms with E-state index in [1.807, 2.05) is 6.07 Å². The molecule has 0 aliphatic rings. The molecule has 0 aliphatic heterocycles. The number of benzene rings is 1. The molecule has 0 spiro atoms. The highest BCUT2D eigenvalue weighted by Crippen LogP contribution is 2.27. The Morgan fingerprint density at radius 1 is 1.24 bits per heavy atom. The zero-order valence-corrected chi connectivity index (χ0v) is 12.9. The lowest BCUT2D eigenvalue weighted by Gasteiger charge is -2.09. The van der Waals surface area contributed by atoms with Crippen LogP contribution < -0.4 is 11.1 Å². The lowest BCUT2D eigenvalue weighted by molar-refractivity contribution is 0.906. The van der Waals surface area contributed by atoms with Crippen molar-refractivity contribution in [1.29, 1.82) is 0 Å². The van der Waals surface area contributed by atoms with Gasteiger partial charge in [0.15, 0.2) is 0 Å². The number of imidazole rings is 1. The summed E-state index contributed by atoms with van der Waals surface area (Å²) < 4.78 is 2.43. The molecule has 1 aromatic carbocycles. The summed E-state index contributed by atoms with van der Waals surface area (Å²) >= 11 is 9.32. The van der Waals surface area contributed by atoms with Gasteiger partial charge >= 0.3 is 0 Å². The largest absolute Gasteiger partial charge is 0.368 e. The van der Waals surface area contributed by atoms with Gasteiger partial charge in [0.05, 0.1) is 5.69 Å². The number of anilines is 3. The van der Waals surface area contributed by atoms with Gasteiger partial charge in [-0.25, -0.2) is 4.98 Å². The molecule has 0 unspecified atom stereocenters. The maximum absolute atomic E-state index is 5.91. The van der Waals surface area contributed by atoms with Gasteiger partial charge in [0.25, 0.3) is 0 Å². The van der Waals surface area contributed by atoms with Crippen LogP contribution in [0.25, 0.3) is 5.95 Å². The minimum absolute atomic E-state index is 0.112. The number of hydrogen-bond donors (Lipinski definition) is 2. The van der Waals surface area contributed by atoms with E-state index in [2.05, 4.69) is 41.2 Å². The van der Waals surface area contributed by atoms with Crippen molar-refractivity contribution in [2.24, 2.45) is 0 Å². The maximum atomic E-state index is 5.91. The second kappa shape index (κ2) is 5.66. The zero-order chi connectivity index (χ0) is 14.8. The Kier molecular flexibility index (Phi) is 3.72. The Morgan fingerprint density at radius 2 is 2.10 bits per heavy atom. The van der Waals surface area contributed by atoms with Crippen LogP contribution in [0.3, 0.4) is 0 Å². The summed E-state index contributed by atoms with van der Waals surface area (Å²) in [6.07, 6.45) is 4.93. The molecule has 0 radical (unpaired) electrons. The highest BCUT2D eigenvalue weighted by Gasteiger charge is 2.08. The van der Waals surface area contributed by atoms with Crippen LogP contribution in [0.4, 0.5) is 17.6 Å². The van der Waals surface area contributed by atoms with E-state index in [1.165, 1.54) is 0 Å². The first-order valence-corrected chi connectivity index (χ1v) is 7.01. The van der Waals surface area contributed by atoms with Gasteiger partial charge in [-0.1, -0.05) is 11.6 Å². The van der Waals surface area contributed by atoms with Gasteiger partial charge in [-0.2, -0.15) is 15.0 Å². The van der Waals surface area contributed by atoms with Gasteiger partial charge in [0.2, 0.25) is 17.8 Å². The maximum Gasteiger partial charge on any atom is 0.241 e. The minimum Gasteiger partial charge on any atom is -0.368 e. The monoisotopic (exact) mass is 365 g/mol. The summed E-state index contributed by atoms with van der Waals surface area (Å²) in [4.78, 5) is 16.4. The highest BCUT2D eigenvalue weighted by atomic mass is 79.9. The zero-order valence-electron chi connectivity index (χ0n) is 10.5.